The number of amides is 1. The van der Waals surface area contributed by atoms with E-state index in [2.05, 4.69) is 15.3 Å². The molecule has 116 valence electrons. The molecule has 1 aromatic carbocycles. The zero-order chi connectivity index (χ0) is 16.6. The number of nitriles is 1. The Bertz CT molecular complexity index is 837. The van der Waals surface area contributed by atoms with Crippen LogP contribution in [0.2, 0.25) is 10.2 Å². The predicted molar refractivity (Wildman–Crippen MR) is 82.6 cm³/mol. The lowest BCUT2D eigenvalue weighted by Crippen LogP contribution is -2.16. The molecule has 2 aromatic rings. The first-order valence-electron chi connectivity index (χ1n) is 6.67. The number of benzene rings is 1. The molecule has 1 amide bonds. The lowest BCUT2D eigenvalue weighted by Gasteiger charge is -2.07. The standard InChI is InChI=1S/C15H9Cl2FN4O/c16-10-2-1-7(5-19)13(14(10)18)8-3-9(8)15(23)22-12-4-11(17)20-6-21-12/h1-2,4,6,8-9H,3H2,(H,20,21,22,23)/t8-,9-/m0/s1. The van der Waals surface area contributed by atoms with Crippen molar-refractivity contribution in [3.63, 3.8) is 0 Å². The van der Waals surface area contributed by atoms with Crippen LogP contribution in [0.5, 0.6) is 0 Å². The molecule has 1 N–H and O–H groups in total. The van der Waals surface area contributed by atoms with Gasteiger partial charge in [-0.05, 0) is 18.6 Å². The molecule has 1 aliphatic rings. The summed E-state index contributed by atoms with van der Waals surface area (Å²) in [5.41, 5.74) is 0.387. The van der Waals surface area contributed by atoms with Crippen LogP contribution >= 0.6 is 23.2 Å². The maximum absolute atomic E-state index is 14.2. The average molecular weight is 351 g/mol. The quantitative estimate of drug-likeness (QED) is 0.858. The number of anilines is 1. The summed E-state index contributed by atoms with van der Waals surface area (Å²) in [4.78, 5) is 19.8. The van der Waals surface area contributed by atoms with Crippen molar-refractivity contribution >= 4 is 34.9 Å². The summed E-state index contributed by atoms with van der Waals surface area (Å²) < 4.78 is 14.2. The van der Waals surface area contributed by atoms with E-state index in [1.54, 1.807) is 0 Å². The topological polar surface area (TPSA) is 78.7 Å². The Kier molecular flexibility index (Phi) is 4.16. The normalized spacial score (nSPS) is 19.0. The number of carbonyl (C=O) groups excluding carboxylic acids is 1. The van der Waals surface area contributed by atoms with Crippen molar-refractivity contribution in [2.75, 3.05) is 5.32 Å². The Morgan fingerprint density at radius 3 is 2.87 bits per heavy atom. The predicted octanol–water partition coefficient (Wildman–Crippen LogP) is 3.54. The van der Waals surface area contributed by atoms with E-state index in [-0.39, 0.29) is 38.9 Å². The SMILES string of the molecule is N#Cc1ccc(Cl)c(F)c1[C@H]1C[C@@H]1C(=O)Nc1cc(Cl)ncn1. The maximum atomic E-state index is 14.2. The van der Waals surface area contributed by atoms with Crippen molar-refractivity contribution in [1.29, 1.82) is 5.26 Å². The molecule has 1 fully saturated rings. The van der Waals surface area contributed by atoms with E-state index >= 15 is 0 Å². The molecule has 1 heterocycles. The second kappa shape index (κ2) is 6.11. The van der Waals surface area contributed by atoms with Gasteiger partial charge in [0.2, 0.25) is 5.91 Å². The van der Waals surface area contributed by atoms with Gasteiger partial charge in [-0.3, -0.25) is 4.79 Å². The van der Waals surface area contributed by atoms with Crippen molar-refractivity contribution in [2.24, 2.45) is 5.92 Å². The number of halogens is 3. The molecule has 0 saturated heterocycles. The van der Waals surface area contributed by atoms with Crippen molar-refractivity contribution in [3.05, 3.63) is 51.6 Å². The molecule has 2 atom stereocenters. The molecule has 0 bridgehead atoms. The number of rotatable bonds is 3. The van der Waals surface area contributed by atoms with E-state index in [0.717, 1.165) is 0 Å². The van der Waals surface area contributed by atoms with Gasteiger partial charge >= 0.3 is 0 Å². The number of hydrogen-bond acceptors (Lipinski definition) is 4. The highest BCUT2D eigenvalue weighted by atomic mass is 35.5. The van der Waals surface area contributed by atoms with E-state index in [0.29, 0.717) is 6.42 Å². The van der Waals surface area contributed by atoms with Crippen LogP contribution in [-0.2, 0) is 4.79 Å². The van der Waals surface area contributed by atoms with Gasteiger partial charge in [0.25, 0.3) is 0 Å². The minimum atomic E-state index is -0.643. The van der Waals surface area contributed by atoms with Gasteiger partial charge in [-0.25, -0.2) is 14.4 Å². The fraction of sp³-hybridized carbons (Fsp3) is 0.200. The Morgan fingerprint density at radius 2 is 2.17 bits per heavy atom. The molecule has 1 aliphatic carbocycles. The smallest absolute Gasteiger partial charge is 0.229 e. The molecule has 23 heavy (non-hydrogen) atoms. The third-order valence-corrected chi connectivity index (χ3v) is 4.13. The number of nitrogens with zero attached hydrogens (tertiary/aromatic N) is 3. The average Bonchev–Trinajstić information content (AvgIpc) is 3.30. The Morgan fingerprint density at radius 1 is 1.39 bits per heavy atom. The Balaban J connectivity index is 1.79. The van der Waals surface area contributed by atoms with Gasteiger partial charge in [-0.1, -0.05) is 23.2 Å². The molecule has 0 radical (unpaired) electrons. The minimum absolute atomic E-state index is 0.0624. The lowest BCUT2D eigenvalue weighted by molar-refractivity contribution is -0.117. The minimum Gasteiger partial charge on any atom is -0.310 e. The van der Waals surface area contributed by atoms with Crippen LogP contribution in [0.15, 0.2) is 24.5 Å². The van der Waals surface area contributed by atoms with Crippen LogP contribution in [0.25, 0.3) is 0 Å². The van der Waals surface area contributed by atoms with E-state index in [1.165, 1.54) is 24.5 Å². The molecular weight excluding hydrogens is 342 g/mol. The van der Waals surface area contributed by atoms with Crippen molar-refractivity contribution in [3.8, 4) is 6.07 Å². The molecule has 1 aromatic heterocycles. The second-order valence-corrected chi connectivity index (χ2v) is 5.89. The van der Waals surface area contributed by atoms with Crippen LogP contribution in [0.3, 0.4) is 0 Å². The van der Waals surface area contributed by atoms with E-state index in [9.17, 15) is 9.18 Å². The first kappa shape index (κ1) is 15.7. The van der Waals surface area contributed by atoms with Gasteiger partial charge < -0.3 is 5.32 Å². The van der Waals surface area contributed by atoms with Crippen LogP contribution in [-0.4, -0.2) is 15.9 Å². The van der Waals surface area contributed by atoms with Crippen LogP contribution in [0.4, 0.5) is 10.2 Å². The highest BCUT2D eigenvalue weighted by Crippen LogP contribution is 2.50. The maximum Gasteiger partial charge on any atom is 0.229 e. The summed E-state index contributed by atoms with van der Waals surface area (Å²) in [6, 6.07) is 6.14. The fourth-order valence-electron chi connectivity index (χ4n) is 2.45. The molecule has 3 rings (SSSR count). The summed E-state index contributed by atoms with van der Waals surface area (Å²) in [5, 5.41) is 11.9. The Labute approximate surface area is 141 Å². The third-order valence-electron chi connectivity index (χ3n) is 3.64. The molecule has 0 unspecified atom stereocenters. The van der Waals surface area contributed by atoms with Gasteiger partial charge in [0.05, 0.1) is 16.7 Å². The zero-order valence-electron chi connectivity index (χ0n) is 11.6. The summed E-state index contributed by atoms with van der Waals surface area (Å²) in [6.07, 6.45) is 1.67. The molecular formula is C15H9Cl2FN4O. The summed E-state index contributed by atoms with van der Waals surface area (Å²) in [5.74, 6) is -1.50. The number of aromatic nitrogens is 2. The second-order valence-electron chi connectivity index (χ2n) is 5.10. The molecule has 0 spiro atoms. The largest absolute Gasteiger partial charge is 0.310 e. The van der Waals surface area contributed by atoms with Gasteiger partial charge in [0, 0.05) is 23.5 Å². The number of nitrogens with one attached hydrogen (secondary N) is 1. The van der Waals surface area contributed by atoms with Gasteiger partial charge in [0.1, 0.15) is 23.1 Å². The molecule has 8 heteroatoms. The van der Waals surface area contributed by atoms with E-state index in [1.807, 2.05) is 6.07 Å². The molecule has 0 aliphatic heterocycles. The van der Waals surface area contributed by atoms with Crippen LogP contribution in [0.1, 0.15) is 23.5 Å². The van der Waals surface area contributed by atoms with Crippen LogP contribution in [0, 0.1) is 23.1 Å². The van der Waals surface area contributed by atoms with Gasteiger partial charge in [0.15, 0.2) is 0 Å². The monoisotopic (exact) mass is 350 g/mol. The zero-order valence-corrected chi connectivity index (χ0v) is 13.1. The van der Waals surface area contributed by atoms with Crippen LogP contribution < -0.4 is 5.32 Å². The highest BCUT2D eigenvalue weighted by molar-refractivity contribution is 6.30. The molecule has 5 nitrogen and oxygen atoms in total. The molecule has 1 saturated carbocycles. The first-order valence-corrected chi connectivity index (χ1v) is 7.43. The summed E-state index contributed by atoms with van der Waals surface area (Å²) >= 11 is 11.5. The highest BCUT2D eigenvalue weighted by Gasteiger charge is 2.46. The van der Waals surface area contributed by atoms with Crippen molar-refractivity contribution < 1.29 is 9.18 Å². The van der Waals surface area contributed by atoms with Crippen molar-refractivity contribution in [1.82, 2.24) is 9.97 Å². The Hall–Kier alpha value is -2.23. The van der Waals surface area contributed by atoms with Gasteiger partial charge in [-0.15, -0.1) is 0 Å². The fourth-order valence-corrected chi connectivity index (χ4v) is 2.76. The lowest BCUT2D eigenvalue weighted by atomic mass is 10.0. The van der Waals surface area contributed by atoms with Gasteiger partial charge in [-0.2, -0.15) is 5.26 Å². The number of hydrogen-bond donors (Lipinski definition) is 1. The third kappa shape index (κ3) is 3.11. The van der Waals surface area contributed by atoms with Crippen molar-refractivity contribution in [2.45, 2.75) is 12.3 Å². The summed E-state index contributed by atoms with van der Waals surface area (Å²) in [6.45, 7) is 0. The number of carbonyl (C=O) groups is 1. The van der Waals surface area contributed by atoms with E-state index in [4.69, 9.17) is 28.5 Å². The first-order chi connectivity index (χ1) is 11.0. The van der Waals surface area contributed by atoms with E-state index < -0.39 is 11.7 Å². The summed E-state index contributed by atoms with van der Waals surface area (Å²) in [7, 11) is 0.